The molecule has 0 unspecified atom stereocenters. The largest absolute Gasteiger partial charge is 0.489 e. The number of halogens is 3. The zero-order chi connectivity index (χ0) is 21.0. The molecular formula is C22H19F3O3S. The molecule has 0 bridgehead atoms. The topological polar surface area (TPSA) is 39.4 Å². The van der Waals surface area contributed by atoms with Crippen LogP contribution in [0.5, 0.6) is 5.75 Å². The van der Waals surface area contributed by atoms with Crippen molar-refractivity contribution < 1.29 is 27.1 Å². The predicted octanol–water partition coefficient (Wildman–Crippen LogP) is 6.63. The van der Waals surface area contributed by atoms with Gasteiger partial charge in [-0.05, 0) is 42.8 Å². The van der Waals surface area contributed by atoms with E-state index in [-0.39, 0.29) is 11.7 Å². The second-order valence-electron chi connectivity index (χ2n) is 6.48. The lowest BCUT2D eigenvalue weighted by Crippen LogP contribution is -2.03. The van der Waals surface area contributed by atoms with E-state index in [9.17, 15) is 18.0 Å². The molecule has 0 N–H and O–H groups in total. The van der Waals surface area contributed by atoms with Crippen molar-refractivity contribution >= 4 is 16.9 Å². The molecule has 1 aromatic heterocycles. The third-order valence-corrected chi connectivity index (χ3v) is 5.14. The molecule has 2 aromatic carbocycles. The summed E-state index contributed by atoms with van der Waals surface area (Å²) >= 11 is 1.23. The minimum absolute atomic E-state index is 0.0566. The lowest BCUT2D eigenvalue weighted by atomic mass is 10.1. The summed E-state index contributed by atoms with van der Waals surface area (Å²) in [7, 11) is 0. The van der Waals surface area contributed by atoms with E-state index in [2.05, 4.69) is 0 Å². The summed E-state index contributed by atoms with van der Waals surface area (Å²) in [6.07, 6.45) is -4.37. The molecule has 0 spiro atoms. The Morgan fingerprint density at radius 2 is 1.83 bits per heavy atom. The maximum absolute atomic E-state index is 12.7. The standard InChI is InChI=1S/C22H19F3O3S/c1-14-18(12-27-20-5-3-4-16(10-20)13-29-15(2)26)11-21(28-14)17-6-8-19(9-7-17)22(23,24)25/h3-11H,12-13H2,1-2H3. The Labute approximate surface area is 170 Å². The van der Waals surface area contributed by atoms with Gasteiger partial charge in [0, 0.05) is 23.8 Å². The average Bonchev–Trinajstić information content (AvgIpc) is 3.05. The third-order valence-electron chi connectivity index (χ3n) is 4.25. The summed E-state index contributed by atoms with van der Waals surface area (Å²) in [5.41, 5.74) is 1.66. The first kappa shape index (κ1) is 21.0. The lowest BCUT2D eigenvalue weighted by Gasteiger charge is -2.07. The molecule has 0 fully saturated rings. The summed E-state index contributed by atoms with van der Waals surface area (Å²) in [6.45, 7) is 3.58. The number of furan rings is 1. The van der Waals surface area contributed by atoms with Crippen molar-refractivity contribution in [2.45, 2.75) is 32.4 Å². The number of hydrogen-bond acceptors (Lipinski definition) is 4. The average molecular weight is 420 g/mol. The van der Waals surface area contributed by atoms with Crippen LogP contribution in [0.3, 0.4) is 0 Å². The minimum atomic E-state index is -4.37. The molecule has 0 aliphatic rings. The van der Waals surface area contributed by atoms with E-state index in [4.69, 9.17) is 9.15 Å². The fraction of sp³-hybridized carbons (Fsp3) is 0.227. The van der Waals surface area contributed by atoms with Crippen molar-refractivity contribution in [3.63, 3.8) is 0 Å². The van der Waals surface area contributed by atoms with Crippen molar-refractivity contribution in [1.82, 2.24) is 0 Å². The number of aryl methyl sites for hydroxylation is 1. The Bertz CT molecular complexity index is 991. The number of carbonyl (C=O) groups is 1. The van der Waals surface area contributed by atoms with E-state index in [1.165, 1.54) is 30.8 Å². The van der Waals surface area contributed by atoms with Crippen LogP contribution in [0, 0.1) is 6.92 Å². The molecule has 3 rings (SSSR count). The predicted molar refractivity (Wildman–Crippen MR) is 107 cm³/mol. The molecule has 29 heavy (non-hydrogen) atoms. The molecule has 0 aliphatic carbocycles. The van der Waals surface area contributed by atoms with Crippen molar-refractivity contribution in [1.29, 1.82) is 0 Å². The van der Waals surface area contributed by atoms with E-state index in [0.717, 1.165) is 23.3 Å². The zero-order valence-electron chi connectivity index (χ0n) is 15.9. The van der Waals surface area contributed by atoms with Crippen LogP contribution in [-0.4, -0.2) is 5.12 Å². The molecule has 152 valence electrons. The van der Waals surface area contributed by atoms with Crippen molar-refractivity contribution in [3.8, 4) is 17.1 Å². The fourth-order valence-electron chi connectivity index (χ4n) is 2.70. The van der Waals surface area contributed by atoms with E-state index in [0.29, 0.717) is 28.6 Å². The molecule has 0 radical (unpaired) electrons. The molecule has 0 atom stereocenters. The molecule has 1 heterocycles. The summed E-state index contributed by atoms with van der Waals surface area (Å²) in [5.74, 6) is 2.38. The van der Waals surface area contributed by atoms with Crippen LogP contribution < -0.4 is 4.74 Å². The van der Waals surface area contributed by atoms with Gasteiger partial charge in [-0.3, -0.25) is 4.79 Å². The Kier molecular flexibility index (Phi) is 6.37. The zero-order valence-corrected chi connectivity index (χ0v) is 16.7. The van der Waals surface area contributed by atoms with Gasteiger partial charge >= 0.3 is 6.18 Å². The number of rotatable bonds is 6. The first-order valence-corrected chi connectivity index (χ1v) is 9.83. The number of hydrogen-bond donors (Lipinski definition) is 0. The number of benzene rings is 2. The SMILES string of the molecule is CC(=O)SCc1cccc(OCc2cc(-c3ccc(C(F)(F)F)cc3)oc2C)c1. The van der Waals surface area contributed by atoms with Gasteiger partial charge in [0.15, 0.2) is 5.12 Å². The minimum Gasteiger partial charge on any atom is -0.489 e. The van der Waals surface area contributed by atoms with Crippen LogP contribution >= 0.6 is 11.8 Å². The van der Waals surface area contributed by atoms with Gasteiger partial charge in [-0.2, -0.15) is 13.2 Å². The highest BCUT2D eigenvalue weighted by atomic mass is 32.2. The Hall–Kier alpha value is -2.67. The molecule has 7 heteroatoms. The van der Waals surface area contributed by atoms with Crippen LogP contribution in [0.25, 0.3) is 11.3 Å². The third kappa shape index (κ3) is 5.67. The van der Waals surface area contributed by atoms with Crippen molar-refractivity contribution in [3.05, 3.63) is 77.0 Å². The maximum Gasteiger partial charge on any atom is 0.416 e. The normalized spacial score (nSPS) is 11.5. The highest BCUT2D eigenvalue weighted by Crippen LogP contribution is 2.32. The summed E-state index contributed by atoms with van der Waals surface area (Å²) < 4.78 is 49.7. The van der Waals surface area contributed by atoms with Crippen LogP contribution in [0.4, 0.5) is 13.2 Å². The molecule has 0 saturated carbocycles. The van der Waals surface area contributed by atoms with Gasteiger partial charge in [-0.15, -0.1) is 0 Å². The molecule has 0 saturated heterocycles. The van der Waals surface area contributed by atoms with Gasteiger partial charge in [-0.1, -0.05) is 36.0 Å². The first-order chi connectivity index (χ1) is 13.7. The maximum atomic E-state index is 12.7. The first-order valence-electron chi connectivity index (χ1n) is 8.84. The highest BCUT2D eigenvalue weighted by Gasteiger charge is 2.30. The van der Waals surface area contributed by atoms with E-state index in [1.807, 2.05) is 24.3 Å². The smallest absolute Gasteiger partial charge is 0.416 e. The van der Waals surface area contributed by atoms with Gasteiger partial charge in [0.1, 0.15) is 23.9 Å². The van der Waals surface area contributed by atoms with Crippen LogP contribution in [0.15, 0.2) is 59.0 Å². The fourth-order valence-corrected chi connectivity index (χ4v) is 3.25. The number of alkyl halides is 3. The monoisotopic (exact) mass is 420 g/mol. The van der Waals surface area contributed by atoms with Crippen LogP contribution in [0.2, 0.25) is 0 Å². The van der Waals surface area contributed by atoms with Gasteiger partial charge in [-0.25, -0.2) is 0 Å². The highest BCUT2D eigenvalue weighted by molar-refractivity contribution is 8.12. The summed E-state index contributed by atoms with van der Waals surface area (Å²) in [5, 5.41) is 0.0566. The Morgan fingerprint density at radius 1 is 1.10 bits per heavy atom. The number of thioether (sulfide) groups is 1. The van der Waals surface area contributed by atoms with Gasteiger partial charge in [0.2, 0.25) is 0 Å². The van der Waals surface area contributed by atoms with Gasteiger partial charge in [0.25, 0.3) is 0 Å². The number of carbonyl (C=O) groups excluding carboxylic acids is 1. The molecule has 3 aromatic rings. The van der Waals surface area contributed by atoms with Crippen molar-refractivity contribution in [2.24, 2.45) is 0 Å². The molecule has 0 aliphatic heterocycles. The second kappa shape index (κ2) is 8.78. The van der Waals surface area contributed by atoms with Gasteiger partial charge < -0.3 is 9.15 Å². The lowest BCUT2D eigenvalue weighted by molar-refractivity contribution is -0.137. The van der Waals surface area contributed by atoms with Crippen LogP contribution in [0.1, 0.15) is 29.4 Å². The van der Waals surface area contributed by atoms with Crippen LogP contribution in [-0.2, 0) is 23.3 Å². The molecule has 3 nitrogen and oxygen atoms in total. The number of ether oxygens (including phenoxy) is 1. The van der Waals surface area contributed by atoms with Crippen molar-refractivity contribution in [2.75, 3.05) is 0 Å². The molecule has 0 amide bonds. The second-order valence-corrected chi connectivity index (χ2v) is 7.64. The molecular weight excluding hydrogens is 401 g/mol. The van der Waals surface area contributed by atoms with E-state index < -0.39 is 11.7 Å². The summed E-state index contributed by atoms with van der Waals surface area (Å²) in [4.78, 5) is 11.1. The van der Waals surface area contributed by atoms with E-state index >= 15 is 0 Å². The quantitative estimate of drug-likeness (QED) is 0.449. The Balaban J connectivity index is 1.68. The van der Waals surface area contributed by atoms with Gasteiger partial charge in [0.05, 0.1) is 5.56 Å². The summed E-state index contributed by atoms with van der Waals surface area (Å²) in [6, 6.07) is 14.1. The Morgan fingerprint density at radius 3 is 2.48 bits per heavy atom. The van der Waals surface area contributed by atoms with E-state index in [1.54, 1.807) is 13.0 Å².